The molecule has 0 saturated heterocycles. The highest BCUT2D eigenvalue weighted by Gasteiger charge is 2.18. The van der Waals surface area contributed by atoms with Gasteiger partial charge in [-0.1, -0.05) is 61.0 Å². The number of benzene rings is 3. The highest BCUT2D eigenvalue weighted by atomic mass is 32.2. The van der Waals surface area contributed by atoms with Gasteiger partial charge in [0.1, 0.15) is 12.4 Å². The highest BCUT2D eigenvalue weighted by molar-refractivity contribution is 7.85. The molecule has 0 aliphatic carbocycles. The molecule has 1 heterocycles. The van der Waals surface area contributed by atoms with Gasteiger partial charge in [-0.25, -0.2) is 4.99 Å². The number of hydrogen-bond donors (Lipinski definition) is 2. The second-order valence-electron chi connectivity index (χ2n) is 7.55. The molecule has 0 aromatic heterocycles. The Morgan fingerprint density at radius 3 is 2.30 bits per heavy atom. The third kappa shape index (κ3) is 7.06. The lowest BCUT2D eigenvalue weighted by Crippen LogP contribution is -2.24. The van der Waals surface area contributed by atoms with Crippen molar-refractivity contribution in [2.45, 2.75) is 31.3 Å². The second-order valence-corrected chi connectivity index (χ2v) is 8.97. The normalized spacial score (nSPS) is 15.1. The van der Waals surface area contributed by atoms with Gasteiger partial charge in [0.15, 0.2) is 6.10 Å². The molecule has 0 fully saturated rings. The van der Waals surface area contributed by atoms with Crippen molar-refractivity contribution >= 4 is 16.1 Å². The summed E-state index contributed by atoms with van der Waals surface area (Å²) in [5.74, 6) is 0.826. The lowest BCUT2D eigenvalue weighted by atomic mass is 9.98. The van der Waals surface area contributed by atoms with Crippen LogP contribution in [0.15, 0.2) is 82.7 Å². The minimum Gasteiger partial charge on any atom is -0.490 e. The van der Waals surface area contributed by atoms with Crippen molar-refractivity contribution in [2.24, 2.45) is 10.7 Å². The number of aliphatic imine (C=N–C) groups is 1. The Kier molecular flexibility index (Phi) is 8.08. The standard InChI is InChI=1S/C18H20N2O2.C7H8O3S/c1-2-13-5-3-4-6-17(13)14-7-9-15(10-8-14)21-12-16-11-20-18(19)22-16;1-6-2-4-7(5-3-6)11(8,9)10/h3-10,16H,2,11-12H2,1H3,(H2,19,20);2-5H,1H3,(H,8,9,10)/t16-;/m0./s1. The van der Waals surface area contributed by atoms with E-state index in [1.807, 2.05) is 19.1 Å². The Hall–Kier alpha value is -3.36. The van der Waals surface area contributed by atoms with E-state index in [1.54, 1.807) is 12.1 Å². The molecular weight excluding hydrogens is 440 g/mol. The third-order valence-corrected chi connectivity index (χ3v) is 5.92. The molecule has 4 rings (SSSR count). The summed E-state index contributed by atoms with van der Waals surface area (Å²) >= 11 is 0. The van der Waals surface area contributed by atoms with Crippen LogP contribution >= 0.6 is 0 Å². The fourth-order valence-electron chi connectivity index (χ4n) is 3.26. The van der Waals surface area contributed by atoms with Crippen molar-refractivity contribution < 1.29 is 22.4 Å². The predicted molar refractivity (Wildman–Crippen MR) is 129 cm³/mol. The fraction of sp³-hybridized carbons (Fsp3) is 0.240. The van der Waals surface area contributed by atoms with E-state index in [9.17, 15) is 8.42 Å². The molecule has 0 radical (unpaired) electrons. The van der Waals surface area contributed by atoms with E-state index in [4.69, 9.17) is 19.8 Å². The summed E-state index contributed by atoms with van der Waals surface area (Å²) in [6.45, 7) is 5.03. The van der Waals surface area contributed by atoms with Crippen LogP contribution in [0, 0.1) is 6.92 Å². The number of ether oxygens (including phenoxy) is 2. The maximum Gasteiger partial charge on any atom is 0.294 e. The number of aryl methyl sites for hydroxylation is 2. The first-order valence-electron chi connectivity index (χ1n) is 10.6. The predicted octanol–water partition coefficient (Wildman–Crippen LogP) is 4.25. The minimum absolute atomic E-state index is 0.0666. The topological polar surface area (TPSA) is 111 Å². The summed E-state index contributed by atoms with van der Waals surface area (Å²) in [5, 5.41) is 0. The van der Waals surface area contributed by atoms with Gasteiger partial charge < -0.3 is 15.2 Å². The van der Waals surface area contributed by atoms with Crippen LogP contribution in [0.5, 0.6) is 5.75 Å². The number of amidine groups is 1. The van der Waals surface area contributed by atoms with E-state index in [1.165, 1.54) is 28.8 Å². The summed E-state index contributed by atoms with van der Waals surface area (Å²) in [4.78, 5) is 3.93. The van der Waals surface area contributed by atoms with Crippen LogP contribution in [0.25, 0.3) is 11.1 Å². The Morgan fingerprint density at radius 1 is 1.06 bits per heavy atom. The van der Waals surface area contributed by atoms with E-state index in [-0.39, 0.29) is 17.0 Å². The Labute approximate surface area is 194 Å². The second kappa shape index (κ2) is 11.0. The SMILES string of the molecule is CCc1ccccc1-c1ccc(OC[C@@H]2CN=C(N)O2)cc1.Cc1ccc(S(=O)(=O)O)cc1. The van der Waals surface area contributed by atoms with Crippen LogP contribution in [0.2, 0.25) is 0 Å². The highest BCUT2D eigenvalue weighted by Crippen LogP contribution is 2.26. The zero-order valence-corrected chi connectivity index (χ0v) is 19.5. The van der Waals surface area contributed by atoms with Gasteiger partial charge >= 0.3 is 0 Å². The van der Waals surface area contributed by atoms with Crippen molar-refractivity contribution in [2.75, 3.05) is 13.2 Å². The molecule has 0 spiro atoms. The summed E-state index contributed by atoms with van der Waals surface area (Å²) in [6, 6.07) is 22.9. The summed E-state index contributed by atoms with van der Waals surface area (Å²) in [7, 11) is -4.02. The summed E-state index contributed by atoms with van der Waals surface area (Å²) in [6.07, 6.45) is 0.940. The first kappa shape index (κ1) is 24.3. The molecule has 8 heteroatoms. The third-order valence-electron chi connectivity index (χ3n) is 5.06. The van der Waals surface area contributed by atoms with Crippen LogP contribution in [-0.2, 0) is 21.3 Å². The number of rotatable bonds is 6. The average Bonchev–Trinajstić information content (AvgIpc) is 3.23. The molecule has 0 bridgehead atoms. The lowest BCUT2D eigenvalue weighted by molar-refractivity contribution is 0.141. The van der Waals surface area contributed by atoms with Crippen molar-refractivity contribution in [1.29, 1.82) is 0 Å². The Morgan fingerprint density at radius 2 is 1.73 bits per heavy atom. The monoisotopic (exact) mass is 468 g/mol. The van der Waals surface area contributed by atoms with E-state index in [0.717, 1.165) is 17.7 Å². The van der Waals surface area contributed by atoms with Crippen molar-refractivity contribution in [3.05, 3.63) is 83.9 Å². The molecule has 0 amide bonds. The van der Waals surface area contributed by atoms with E-state index in [2.05, 4.69) is 48.3 Å². The van der Waals surface area contributed by atoms with Gasteiger partial charge in [0, 0.05) is 0 Å². The Bertz CT molecular complexity index is 1190. The van der Waals surface area contributed by atoms with Gasteiger partial charge in [-0.3, -0.25) is 4.55 Å². The molecule has 3 aromatic rings. The van der Waals surface area contributed by atoms with Crippen LogP contribution in [0.1, 0.15) is 18.1 Å². The molecule has 0 saturated carbocycles. The molecule has 7 nitrogen and oxygen atoms in total. The molecule has 0 unspecified atom stereocenters. The van der Waals surface area contributed by atoms with Crippen molar-refractivity contribution in [3.63, 3.8) is 0 Å². The number of nitrogens with two attached hydrogens (primary N) is 1. The minimum atomic E-state index is -4.02. The van der Waals surface area contributed by atoms with Gasteiger partial charge in [0.2, 0.25) is 0 Å². The van der Waals surface area contributed by atoms with Gasteiger partial charge in [-0.2, -0.15) is 8.42 Å². The molecule has 1 atom stereocenters. The summed E-state index contributed by atoms with van der Waals surface area (Å²) in [5.41, 5.74) is 10.3. The lowest BCUT2D eigenvalue weighted by Gasteiger charge is -2.12. The first-order chi connectivity index (χ1) is 15.8. The fourth-order valence-corrected chi connectivity index (χ4v) is 3.74. The maximum atomic E-state index is 10.5. The average molecular weight is 469 g/mol. The van der Waals surface area contributed by atoms with Crippen LogP contribution in [-0.4, -0.2) is 38.2 Å². The van der Waals surface area contributed by atoms with Crippen LogP contribution in [0.4, 0.5) is 0 Å². The van der Waals surface area contributed by atoms with Gasteiger partial charge in [0.05, 0.1) is 11.4 Å². The van der Waals surface area contributed by atoms with Gasteiger partial charge in [-0.15, -0.1) is 0 Å². The summed E-state index contributed by atoms with van der Waals surface area (Å²) < 4.78 is 40.6. The zero-order valence-electron chi connectivity index (χ0n) is 18.6. The molecule has 1 aliphatic heterocycles. The van der Waals surface area contributed by atoms with E-state index < -0.39 is 10.1 Å². The molecule has 1 aliphatic rings. The maximum absolute atomic E-state index is 10.5. The van der Waals surface area contributed by atoms with Crippen LogP contribution in [0.3, 0.4) is 0 Å². The van der Waals surface area contributed by atoms with Crippen molar-refractivity contribution in [3.8, 4) is 16.9 Å². The van der Waals surface area contributed by atoms with Crippen molar-refractivity contribution in [1.82, 2.24) is 0 Å². The molecule has 3 N–H and O–H groups in total. The molecule has 33 heavy (non-hydrogen) atoms. The number of hydrogen-bond acceptors (Lipinski definition) is 6. The quantitative estimate of drug-likeness (QED) is 0.523. The molecule has 174 valence electrons. The van der Waals surface area contributed by atoms with Gasteiger partial charge in [-0.05, 0) is 54.3 Å². The van der Waals surface area contributed by atoms with Gasteiger partial charge in [0.25, 0.3) is 16.1 Å². The smallest absolute Gasteiger partial charge is 0.294 e. The Balaban J connectivity index is 0.000000235. The zero-order chi connectivity index (χ0) is 23.8. The first-order valence-corrected chi connectivity index (χ1v) is 12.0. The van der Waals surface area contributed by atoms with Crippen LogP contribution < -0.4 is 10.5 Å². The van der Waals surface area contributed by atoms with E-state index in [0.29, 0.717) is 13.2 Å². The largest absolute Gasteiger partial charge is 0.490 e. The number of nitrogens with zero attached hydrogens (tertiary/aromatic N) is 1. The molecule has 3 aromatic carbocycles. The molecular formula is C25H28N2O5S. The van der Waals surface area contributed by atoms with E-state index >= 15 is 0 Å².